The van der Waals surface area contributed by atoms with Crippen LogP contribution in [0.2, 0.25) is 0 Å². The highest BCUT2D eigenvalue weighted by Crippen LogP contribution is 1.97. The van der Waals surface area contributed by atoms with Gasteiger partial charge in [-0.2, -0.15) is 0 Å². The van der Waals surface area contributed by atoms with Crippen LogP contribution < -0.4 is 10.0 Å². The SMILES string of the molecule is CCNCCNS(=O)(=O)C(C)COC. The number of hydrogen-bond acceptors (Lipinski definition) is 4. The second-order valence-corrected chi connectivity index (χ2v) is 5.24. The smallest absolute Gasteiger partial charge is 0.216 e. The molecule has 0 aromatic rings. The summed E-state index contributed by atoms with van der Waals surface area (Å²) in [6.07, 6.45) is 0. The normalized spacial score (nSPS) is 14.2. The maximum absolute atomic E-state index is 11.5. The maximum Gasteiger partial charge on any atom is 0.216 e. The van der Waals surface area contributed by atoms with Gasteiger partial charge in [0.2, 0.25) is 10.0 Å². The first-order chi connectivity index (χ1) is 6.54. The van der Waals surface area contributed by atoms with Gasteiger partial charge in [-0.3, -0.25) is 0 Å². The molecule has 0 radical (unpaired) electrons. The number of likely N-dealkylation sites (N-methyl/N-ethyl adjacent to an activating group) is 1. The molecule has 0 fully saturated rings. The summed E-state index contributed by atoms with van der Waals surface area (Å²) in [6, 6.07) is 0. The van der Waals surface area contributed by atoms with Crippen molar-refractivity contribution in [3.8, 4) is 0 Å². The zero-order valence-electron chi connectivity index (χ0n) is 9.04. The van der Waals surface area contributed by atoms with Gasteiger partial charge in [-0.15, -0.1) is 0 Å². The van der Waals surface area contributed by atoms with Crippen molar-refractivity contribution in [3.05, 3.63) is 0 Å². The Morgan fingerprint density at radius 2 is 2.00 bits per heavy atom. The van der Waals surface area contributed by atoms with Crippen molar-refractivity contribution in [1.29, 1.82) is 0 Å². The fourth-order valence-corrected chi connectivity index (χ4v) is 1.91. The first-order valence-electron chi connectivity index (χ1n) is 4.72. The topological polar surface area (TPSA) is 67.4 Å². The Balaban J connectivity index is 3.83. The van der Waals surface area contributed by atoms with Crippen molar-refractivity contribution >= 4 is 10.0 Å². The van der Waals surface area contributed by atoms with Gasteiger partial charge in [-0.1, -0.05) is 6.92 Å². The molecule has 0 saturated heterocycles. The van der Waals surface area contributed by atoms with Crippen LogP contribution in [0.3, 0.4) is 0 Å². The molecule has 6 heteroatoms. The monoisotopic (exact) mass is 224 g/mol. The summed E-state index contributed by atoms with van der Waals surface area (Å²) in [5.74, 6) is 0. The molecule has 1 atom stereocenters. The number of sulfonamides is 1. The number of nitrogens with one attached hydrogen (secondary N) is 2. The van der Waals surface area contributed by atoms with Crippen molar-refractivity contribution in [2.24, 2.45) is 0 Å². The molecule has 5 nitrogen and oxygen atoms in total. The third kappa shape index (κ3) is 5.54. The van der Waals surface area contributed by atoms with Crippen molar-refractivity contribution in [2.75, 3.05) is 33.4 Å². The Morgan fingerprint density at radius 3 is 2.50 bits per heavy atom. The minimum absolute atomic E-state index is 0.219. The van der Waals surface area contributed by atoms with E-state index in [1.807, 2.05) is 6.92 Å². The minimum Gasteiger partial charge on any atom is -0.383 e. The van der Waals surface area contributed by atoms with Gasteiger partial charge < -0.3 is 10.1 Å². The Hall–Kier alpha value is -0.170. The first-order valence-corrected chi connectivity index (χ1v) is 6.27. The lowest BCUT2D eigenvalue weighted by molar-refractivity contribution is 0.200. The van der Waals surface area contributed by atoms with Crippen LogP contribution in [0.4, 0.5) is 0 Å². The lowest BCUT2D eigenvalue weighted by Gasteiger charge is -2.12. The predicted octanol–water partition coefficient (Wildman–Crippen LogP) is -0.450. The highest BCUT2D eigenvalue weighted by atomic mass is 32.2. The number of methoxy groups -OCH3 is 1. The molecule has 0 spiro atoms. The van der Waals surface area contributed by atoms with E-state index in [0.29, 0.717) is 13.1 Å². The van der Waals surface area contributed by atoms with E-state index in [1.54, 1.807) is 6.92 Å². The largest absolute Gasteiger partial charge is 0.383 e. The highest BCUT2D eigenvalue weighted by Gasteiger charge is 2.19. The molecule has 0 rings (SSSR count). The summed E-state index contributed by atoms with van der Waals surface area (Å²) in [4.78, 5) is 0. The first kappa shape index (κ1) is 13.8. The predicted molar refractivity (Wildman–Crippen MR) is 56.8 cm³/mol. The number of hydrogen-bond donors (Lipinski definition) is 2. The van der Waals surface area contributed by atoms with Crippen LogP contribution in [-0.4, -0.2) is 47.0 Å². The molecule has 86 valence electrons. The third-order valence-corrected chi connectivity index (χ3v) is 3.59. The molecular formula is C8H20N2O3S. The summed E-state index contributed by atoms with van der Waals surface area (Å²) < 4.78 is 30.2. The van der Waals surface area contributed by atoms with E-state index in [9.17, 15) is 8.42 Å². The van der Waals surface area contributed by atoms with Gasteiger partial charge in [0.15, 0.2) is 0 Å². The second kappa shape index (κ2) is 7.17. The van der Waals surface area contributed by atoms with Gasteiger partial charge in [-0.05, 0) is 13.5 Å². The Bertz CT molecular complexity index is 229. The van der Waals surface area contributed by atoms with E-state index in [2.05, 4.69) is 10.0 Å². The van der Waals surface area contributed by atoms with Gasteiger partial charge in [0.1, 0.15) is 0 Å². The Morgan fingerprint density at radius 1 is 1.36 bits per heavy atom. The second-order valence-electron chi connectivity index (χ2n) is 3.06. The molecule has 0 aliphatic carbocycles. The molecule has 0 aromatic carbocycles. The molecular weight excluding hydrogens is 204 g/mol. The minimum atomic E-state index is -3.22. The van der Waals surface area contributed by atoms with Crippen molar-refractivity contribution in [3.63, 3.8) is 0 Å². The van der Waals surface area contributed by atoms with E-state index in [-0.39, 0.29) is 6.61 Å². The fourth-order valence-electron chi connectivity index (χ4n) is 0.925. The molecule has 1 unspecified atom stereocenters. The van der Waals surface area contributed by atoms with Crippen molar-refractivity contribution in [1.82, 2.24) is 10.0 Å². The van der Waals surface area contributed by atoms with Crippen LogP contribution in [0.15, 0.2) is 0 Å². The summed E-state index contributed by atoms with van der Waals surface area (Å²) in [7, 11) is -1.73. The van der Waals surface area contributed by atoms with E-state index >= 15 is 0 Å². The molecule has 14 heavy (non-hydrogen) atoms. The molecule has 0 aliphatic heterocycles. The van der Waals surface area contributed by atoms with Crippen LogP contribution in [0.1, 0.15) is 13.8 Å². The Kier molecular flexibility index (Phi) is 7.08. The zero-order valence-corrected chi connectivity index (χ0v) is 9.86. The lowest BCUT2D eigenvalue weighted by atomic mass is 10.5. The number of rotatable bonds is 8. The molecule has 0 bridgehead atoms. The summed E-state index contributed by atoms with van der Waals surface area (Å²) in [6.45, 7) is 5.73. The zero-order chi connectivity index (χ0) is 11.0. The molecule has 0 aliphatic rings. The molecule has 2 N–H and O–H groups in total. The van der Waals surface area contributed by atoms with Crippen LogP contribution in [0.25, 0.3) is 0 Å². The fraction of sp³-hybridized carbons (Fsp3) is 1.00. The lowest BCUT2D eigenvalue weighted by Crippen LogP contribution is -2.38. The van der Waals surface area contributed by atoms with E-state index in [0.717, 1.165) is 6.54 Å². The van der Waals surface area contributed by atoms with Crippen LogP contribution >= 0.6 is 0 Å². The van der Waals surface area contributed by atoms with Gasteiger partial charge >= 0.3 is 0 Å². The molecule has 0 saturated carbocycles. The van der Waals surface area contributed by atoms with Gasteiger partial charge in [-0.25, -0.2) is 13.1 Å². The average Bonchev–Trinajstić information content (AvgIpc) is 2.13. The van der Waals surface area contributed by atoms with Crippen molar-refractivity contribution in [2.45, 2.75) is 19.1 Å². The van der Waals surface area contributed by atoms with Gasteiger partial charge in [0, 0.05) is 20.2 Å². The van der Waals surface area contributed by atoms with Crippen LogP contribution in [-0.2, 0) is 14.8 Å². The van der Waals surface area contributed by atoms with E-state index in [1.165, 1.54) is 7.11 Å². The van der Waals surface area contributed by atoms with Gasteiger partial charge in [0.25, 0.3) is 0 Å². The molecule has 0 aromatic heterocycles. The average molecular weight is 224 g/mol. The molecule has 0 amide bonds. The van der Waals surface area contributed by atoms with E-state index in [4.69, 9.17) is 4.74 Å². The molecule has 0 heterocycles. The van der Waals surface area contributed by atoms with Crippen molar-refractivity contribution < 1.29 is 13.2 Å². The van der Waals surface area contributed by atoms with E-state index < -0.39 is 15.3 Å². The third-order valence-electron chi connectivity index (χ3n) is 1.79. The number of ether oxygens (including phenoxy) is 1. The standard InChI is InChI=1S/C8H20N2O3S/c1-4-9-5-6-10-14(11,12)8(2)7-13-3/h8-10H,4-7H2,1-3H3. The highest BCUT2D eigenvalue weighted by molar-refractivity contribution is 7.90. The summed E-state index contributed by atoms with van der Waals surface area (Å²) >= 11 is 0. The van der Waals surface area contributed by atoms with Crippen LogP contribution in [0.5, 0.6) is 0 Å². The van der Waals surface area contributed by atoms with Gasteiger partial charge in [0.05, 0.1) is 11.9 Å². The Labute approximate surface area is 86.3 Å². The van der Waals surface area contributed by atoms with Crippen LogP contribution in [0, 0.1) is 0 Å². The quantitative estimate of drug-likeness (QED) is 0.548. The maximum atomic E-state index is 11.5. The summed E-state index contributed by atoms with van der Waals surface area (Å²) in [5, 5.41) is 2.53. The summed E-state index contributed by atoms with van der Waals surface area (Å²) in [5.41, 5.74) is 0.